The summed E-state index contributed by atoms with van der Waals surface area (Å²) in [7, 11) is 0. The summed E-state index contributed by atoms with van der Waals surface area (Å²) in [5.74, 6) is 1.65. The summed E-state index contributed by atoms with van der Waals surface area (Å²) in [6.45, 7) is 4.41. The summed E-state index contributed by atoms with van der Waals surface area (Å²) in [5, 5.41) is 7.41. The highest BCUT2D eigenvalue weighted by atomic mass is 35.5. The van der Waals surface area contributed by atoms with Crippen LogP contribution in [0.2, 0.25) is 5.02 Å². The van der Waals surface area contributed by atoms with Gasteiger partial charge in [0.05, 0.1) is 5.92 Å². The van der Waals surface area contributed by atoms with Crippen molar-refractivity contribution >= 4 is 23.2 Å². The molecule has 0 saturated carbocycles. The maximum absolute atomic E-state index is 12.1. The lowest BCUT2D eigenvalue weighted by Gasteiger charge is -2.30. The van der Waals surface area contributed by atoms with Crippen LogP contribution in [0, 0.1) is 6.92 Å². The number of rotatable bonds is 5. The fourth-order valence-corrected chi connectivity index (χ4v) is 3.08. The van der Waals surface area contributed by atoms with Crippen LogP contribution in [-0.2, 0) is 4.79 Å². The number of piperidine rings is 1. The zero-order chi connectivity index (χ0) is 16.9. The Bertz CT molecular complexity index is 686. The third-order valence-electron chi connectivity index (χ3n) is 4.18. The van der Waals surface area contributed by atoms with Crippen molar-refractivity contribution in [3.8, 4) is 0 Å². The second-order valence-electron chi connectivity index (χ2n) is 6.12. The lowest BCUT2D eigenvalue weighted by atomic mass is 9.98. The van der Waals surface area contributed by atoms with Crippen molar-refractivity contribution in [3.05, 3.63) is 41.0 Å². The highest BCUT2D eigenvalue weighted by Crippen LogP contribution is 2.25. The van der Waals surface area contributed by atoms with Crippen molar-refractivity contribution in [1.29, 1.82) is 0 Å². The van der Waals surface area contributed by atoms with E-state index in [-0.39, 0.29) is 11.8 Å². The standard InChI is InChI=1S/C17H21ClN4O2/c1-12-19-17(24-21-12)13-3-2-9-22(11-13)10-8-16(23)20-15-6-4-14(18)5-7-15/h4-7,13H,2-3,8-11H2,1H3,(H,20,23)/t13-/m0/s1. The number of nitrogens with one attached hydrogen (secondary N) is 1. The Balaban J connectivity index is 1.47. The number of hydrogen-bond donors (Lipinski definition) is 1. The van der Waals surface area contributed by atoms with Gasteiger partial charge in [0.2, 0.25) is 11.8 Å². The Morgan fingerprint density at radius 2 is 2.21 bits per heavy atom. The molecule has 128 valence electrons. The van der Waals surface area contributed by atoms with Gasteiger partial charge in [0.25, 0.3) is 0 Å². The largest absolute Gasteiger partial charge is 0.339 e. The topological polar surface area (TPSA) is 71.3 Å². The number of carbonyl (C=O) groups excluding carboxylic acids is 1. The number of hydrogen-bond acceptors (Lipinski definition) is 5. The molecule has 24 heavy (non-hydrogen) atoms. The second-order valence-corrected chi connectivity index (χ2v) is 6.56. The minimum Gasteiger partial charge on any atom is -0.339 e. The monoisotopic (exact) mass is 348 g/mol. The molecule has 1 aliphatic heterocycles. The predicted octanol–water partition coefficient (Wildman–Crippen LogP) is 3.24. The van der Waals surface area contributed by atoms with Crippen molar-refractivity contribution in [2.24, 2.45) is 0 Å². The van der Waals surface area contributed by atoms with Gasteiger partial charge in [0.1, 0.15) is 0 Å². The van der Waals surface area contributed by atoms with Crippen LogP contribution in [0.15, 0.2) is 28.8 Å². The van der Waals surface area contributed by atoms with Crippen molar-refractivity contribution in [1.82, 2.24) is 15.0 Å². The Hall–Kier alpha value is -1.92. The van der Waals surface area contributed by atoms with Gasteiger partial charge >= 0.3 is 0 Å². The van der Waals surface area contributed by atoms with Crippen LogP contribution in [-0.4, -0.2) is 40.6 Å². The lowest BCUT2D eigenvalue weighted by molar-refractivity contribution is -0.116. The number of anilines is 1. The average Bonchev–Trinajstić information content (AvgIpc) is 3.02. The zero-order valence-electron chi connectivity index (χ0n) is 13.7. The molecule has 1 N–H and O–H groups in total. The zero-order valence-corrected chi connectivity index (χ0v) is 14.4. The molecule has 1 atom stereocenters. The van der Waals surface area contributed by atoms with Crippen molar-refractivity contribution in [2.45, 2.75) is 32.1 Å². The van der Waals surface area contributed by atoms with Gasteiger partial charge in [-0.15, -0.1) is 0 Å². The normalized spacial score (nSPS) is 18.5. The van der Waals surface area contributed by atoms with Gasteiger partial charge in [-0.25, -0.2) is 0 Å². The van der Waals surface area contributed by atoms with Gasteiger partial charge in [0, 0.05) is 30.2 Å². The van der Waals surface area contributed by atoms with Crippen LogP contribution < -0.4 is 5.32 Å². The van der Waals surface area contributed by atoms with E-state index in [0.29, 0.717) is 23.2 Å². The van der Waals surface area contributed by atoms with Gasteiger partial charge in [-0.1, -0.05) is 16.8 Å². The number of aromatic nitrogens is 2. The summed E-state index contributed by atoms with van der Waals surface area (Å²) in [6.07, 6.45) is 2.58. The van der Waals surface area contributed by atoms with Crippen molar-refractivity contribution in [2.75, 3.05) is 25.0 Å². The molecule has 1 aromatic carbocycles. The Morgan fingerprint density at radius 1 is 1.42 bits per heavy atom. The Kier molecular flexibility index (Phi) is 5.48. The molecule has 0 radical (unpaired) electrons. The molecule has 0 aliphatic carbocycles. The van der Waals surface area contributed by atoms with Crippen LogP contribution in [0.25, 0.3) is 0 Å². The molecule has 1 amide bonds. The van der Waals surface area contributed by atoms with Gasteiger partial charge in [0.15, 0.2) is 5.82 Å². The number of amides is 1. The summed E-state index contributed by atoms with van der Waals surface area (Å²) >= 11 is 5.84. The van der Waals surface area contributed by atoms with Crippen LogP contribution in [0.1, 0.15) is 36.9 Å². The van der Waals surface area contributed by atoms with Crippen molar-refractivity contribution < 1.29 is 9.32 Å². The van der Waals surface area contributed by atoms with Crippen molar-refractivity contribution in [3.63, 3.8) is 0 Å². The number of aryl methyl sites for hydroxylation is 1. The summed E-state index contributed by atoms with van der Waals surface area (Å²) in [6, 6.07) is 7.13. The minimum absolute atomic E-state index is 0.00748. The highest BCUT2D eigenvalue weighted by Gasteiger charge is 2.25. The lowest BCUT2D eigenvalue weighted by Crippen LogP contribution is -2.36. The first-order valence-electron chi connectivity index (χ1n) is 8.18. The second kappa shape index (κ2) is 7.77. The first-order chi connectivity index (χ1) is 11.6. The average molecular weight is 349 g/mol. The molecule has 1 fully saturated rings. The quantitative estimate of drug-likeness (QED) is 0.898. The van der Waals surface area contributed by atoms with Crippen LogP contribution in [0.5, 0.6) is 0 Å². The molecule has 0 bridgehead atoms. The number of nitrogens with zero attached hydrogens (tertiary/aromatic N) is 3. The maximum Gasteiger partial charge on any atom is 0.231 e. The molecular weight excluding hydrogens is 328 g/mol. The molecule has 1 saturated heterocycles. The van der Waals surface area contributed by atoms with E-state index in [1.165, 1.54) is 0 Å². The summed E-state index contributed by atoms with van der Waals surface area (Å²) in [4.78, 5) is 18.7. The molecule has 0 unspecified atom stereocenters. The number of likely N-dealkylation sites (tertiary alicyclic amines) is 1. The van der Waals surface area contributed by atoms with Crippen LogP contribution >= 0.6 is 11.6 Å². The van der Waals surface area contributed by atoms with Crippen LogP contribution in [0.3, 0.4) is 0 Å². The van der Waals surface area contributed by atoms with Gasteiger partial charge in [-0.2, -0.15) is 4.98 Å². The number of benzene rings is 1. The molecule has 2 heterocycles. The maximum atomic E-state index is 12.1. The van der Waals surface area contributed by atoms with Crippen LogP contribution in [0.4, 0.5) is 5.69 Å². The van der Waals surface area contributed by atoms with E-state index in [4.69, 9.17) is 16.1 Å². The van der Waals surface area contributed by atoms with Gasteiger partial charge < -0.3 is 14.7 Å². The molecule has 3 rings (SSSR count). The third-order valence-corrected chi connectivity index (χ3v) is 4.43. The van der Waals surface area contributed by atoms with E-state index >= 15 is 0 Å². The predicted molar refractivity (Wildman–Crippen MR) is 92.1 cm³/mol. The Labute approximate surface area is 146 Å². The Morgan fingerprint density at radius 3 is 2.92 bits per heavy atom. The first-order valence-corrected chi connectivity index (χ1v) is 8.56. The minimum atomic E-state index is 0.00748. The van der Waals surface area contributed by atoms with E-state index in [9.17, 15) is 4.79 Å². The number of halogens is 1. The first kappa shape index (κ1) is 16.9. The van der Waals surface area contributed by atoms with E-state index in [1.54, 1.807) is 24.3 Å². The van der Waals surface area contributed by atoms with E-state index in [1.807, 2.05) is 6.92 Å². The van der Waals surface area contributed by atoms with E-state index in [0.717, 1.165) is 38.2 Å². The molecule has 6 nitrogen and oxygen atoms in total. The molecule has 2 aromatic rings. The SMILES string of the molecule is Cc1noc([C@H]2CCCN(CCC(=O)Nc3ccc(Cl)cc3)C2)n1. The fourth-order valence-electron chi connectivity index (χ4n) is 2.96. The highest BCUT2D eigenvalue weighted by molar-refractivity contribution is 6.30. The molecule has 0 spiro atoms. The van der Waals surface area contributed by atoms with E-state index < -0.39 is 0 Å². The van der Waals surface area contributed by atoms with E-state index in [2.05, 4.69) is 20.4 Å². The molecule has 7 heteroatoms. The third kappa shape index (κ3) is 4.55. The van der Waals surface area contributed by atoms with Gasteiger partial charge in [-0.05, 0) is 50.6 Å². The van der Waals surface area contributed by atoms with Gasteiger partial charge in [-0.3, -0.25) is 4.79 Å². The summed E-state index contributed by atoms with van der Waals surface area (Å²) in [5.41, 5.74) is 0.766. The smallest absolute Gasteiger partial charge is 0.231 e. The number of carbonyl (C=O) groups is 1. The molecule has 1 aliphatic rings. The summed E-state index contributed by atoms with van der Waals surface area (Å²) < 4.78 is 5.29. The molecule has 1 aromatic heterocycles. The molecular formula is C17H21ClN4O2. The fraction of sp³-hybridized carbons (Fsp3) is 0.471.